The van der Waals surface area contributed by atoms with E-state index in [1.165, 1.54) is 19.3 Å². The SMILES string of the molecule is CCC1CCCCN1c1cnc(C(=O)Nc2ccccc2OC)cn1. The Morgan fingerprint density at radius 1 is 1.28 bits per heavy atom. The van der Waals surface area contributed by atoms with Crippen LogP contribution in [0.1, 0.15) is 43.1 Å². The molecule has 1 fully saturated rings. The van der Waals surface area contributed by atoms with E-state index in [9.17, 15) is 4.79 Å². The van der Waals surface area contributed by atoms with Crippen molar-refractivity contribution in [1.29, 1.82) is 0 Å². The molecule has 0 spiro atoms. The van der Waals surface area contributed by atoms with Crippen molar-refractivity contribution in [3.05, 3.63) is 42.4 Å². The first-order valence-corrected chi connectivity index (χ1v) is 8.76. The smallest absolute Gasteiger partial charge is 0.275 e. The number of ether oxygens (including phenoxy) is 1. The summed E-state index contributed by atoms with van der Waals surface area (Å²) in [6, 6.07) is 7.79. The molecule has 1 aliphatic heterocycles. The van der Waals surface area contributed by atoms with Gasteiger partial charge in [0.1, 0.15) is 17.3 Å². The minimum Gasteiger partial charge on any atom is -0.495 e. The number of carbonyl (C=O) groups is 1. The topological polar surface area (TPSA) is 67.4 Å². The van der Waals surface area contributed by atoms with Gasteiger partial charge >= 0.3 is 0 Å². The van der Waals surface area contributed by atoms with Crippen LogP contribution in [0.3, 0.4) is 0 Å². The van der Waals surface area contributed by atoms with Gasteiger partial charge in [-0.25, -0.2) is 9.97 Å². The van der Waals surface area contributed by atoms with E-state index < -0.39 is 0 Å². The quantitative estimate of drug-likeness (QED) is 0.902. The van der Waals surface area contributed by atoms with Gasteiger partial charge in [0.15, 0.2) is 0 Å². The molecule has 25 heavy (non-hydrogen) atoms. The fourth-order valence-electron chi connectivity index (χ4n) is 3.25. The van der Waals surface area contributed by atoms with E-state index in [0.29, 0.717) is 23.2 Å². The summed E-state index contributed by atoms with van der Waals surface area (Å²) in [7, 11) is 1.57. The second kappa shape index (κ2) is 7.96. The number of rotatable bonds is 5. The highest BCUT2D eigenvalue weighted by Crippen LogP contribution is 2.25. The zero-order valence-corrected chi connectivity index (χ0v) is 14.7. The molecule has 6 nitrogen and oxygen atoms in total. The molecule has 0 bridgehead atoms. The van der Waals surface area contributed by atoms with Gasteiger partial charge in [0, 0.05) is 12.6 Å². The lowest BCUT2D eigenvalue weighted by Gasteiger charge is -2.35. The van der Waals surface area contributed by atoms with Gasteiger partial charge in [0.25, 0.3) is 5.91 Å². The van der Waals surface area contributed by atoms with Crippen LogP contribution in [0.15, 0.2) is 36.7 Å². The number of piperidine rings is 1. The van der Waals surface area contributed by atoms with Crippen LogP contribution in [-0.2, 0) is 0 Å². The second-order valence-electron chi connectivity index (χ2n) is 6.17. The molecule has 2 aromatic rings. The molecule has 0 saturated carbocycles. The van der Waals surface area contributed by atoms with Crippen molar-refractivity contribution in [2.45, 2.75) is 38.6 Å². The molecular formula is C19H24N4O2. The van der Waals surface area contributed by atoms with Crippen LogP contribution in [0.25, 0.3) is 0 Å². The molecule has 1 aromatic carbocycles. The highest BCUT2D eigenvalue weighted by Gasteiger charge is 2.22. The minimum atomic E-state index is -0.297. The molecule has 1 aliphatic rings. The first-order chi connectivity index (χ1) is 12.2. The normalized spacial score (nSPS) is 17.2. The zero-order valence-electron chi connectivity index (χ0n) is 14.7. The number of para-hydroxylation sites is 2. The molecule has 0 aliphatic carbocycles. The van der Waals surface area contributed by atoms with Crippen LogP contribution in [0, 0.1) is 0 Å². The third kappa shape index (κ3) is 3.90. The predicted molar refractivity (Wildman–Crippen MR) is 98.3 cm³/mol. The maximum Gasteiger partial charge on any atom is 0.275 e. The largest absolute Gasteiger partial charge is 0.495 e. The van der Waals surface area contributed by atoms with Crippen LogP contribution in [0.4, 0.5) is 11.5 Å². The number of methoxy groups -OCH3 is 1. The number of aromatic nitrogens is 2. The molecule has 132 valence electrons. The van der Waals surface area contributed by atoms with Crippen molar-refractivity contribution in [2.75, 3.05) is 23.9 Å². The Morgan fingerprint density at radius 3 is 2.84 bits per heavy atom. The molecule has 1 aromatic heterocycles. The maximum atomic E-state index is 12.4. The summed E-state index contributed by atoms with van der Waals surface area (Å²) >= 11 is 0. The Hall–Kier alpha value is -2.63. The van der Waals surface area contributed by atoms with Crippen LogP contribution < -0.4 is 15.0 Å². The Balaban J connectivity index is 1.72. The summed E-state index contributed by atoms with van der Waals surface area (Å²) < 4.78 is 5.25. The lowest BCUT2D eigenvalue weighted by Crippen LogP contribution is -2.39. The van der Waals surface area contributed by atoms with E-state index in [2.05, 4.69) is 27.1 Å². The monoisotopic (exact) mass is 340 g/mol. The number of hydrogen-bond donors (Lipinski definition) is 1. The first-order valence-electron chi connectivity index (χ1n) is 8.76. The second-order valence-corrected chi connectivity index (χ2v) is 6.17. The van der Waals surface area contributed by atoms with E-state index in [-0.39, 0.29) is 5.91 Å². The Labute approximate surface area is 148 Å². The van der Waals surface area contributed by atoms with Gasteiger partial charge in [-0.05, 0) is 37.8 Å². The highest BCUT2D eigenvalue weighted by atomic mass is 16.5. The molecule has 1 atom stereocenters. The predicted octanol–water partition coefficient (Wildman–Crippen LogP) is 3.51. The molecule has 2 heterocycles. The third-order valence-electron chi connectivity index (χ3n) is 4.62. The van der Waals surface area contributed by atoms with Gasteiger partial charge in [-0.3, -0.25) is 4.79 Å². The van der Waals surface area contributed by atoms with Crippen molar-refractivity contribution in [3.8, 4) is 5.75 Å². The maximum absolute atomic E-state index is 12.4. The zero-order chi connectivity index (χ0) is 17.6. The summed E-state index contributed by atoms with van der Waals surface area (Å²) in [6.07, 6.45) is 7.97. The van der Waals surface area contributed by atoms with Crippen molar-refractivity contribution in [1.82, 2.24) is 9.97 Å². The van der Waals surface area contributed by atoms with Crippen molar-refractivity contribution in [3.63, 3.8) is 0 Å². The molecular weight excluding hydrogens is 316 g/mol. The fraction of sp³-hybridized carbons (Fsp3) is 0.421. The lowest BCUT2D eigenvalue weighted by atomic mass is 10.0. The summed E-state index contributed by atoms with van der Waals surface area (Å²) in [6.45, 7) is 3.20. The van der Waals surface area contributed by atoms with E-state index in [4.69, 9.17) is 4.74 Å². The van der Waals surface area contributed by atoms with E-state index in [1.54, 1.807) is 31.6 Å². The number of anilines is 2. The Kier molecular flexibility index (Phi) is 5.48. The van der Waals surface area contributed by atoms with Gasteiger partial charge in [0.05, 0.1) is 25.2 Å². The lowest BCUT2D eigenvalue weighted by molar-refractivity contribution is 0.102. The Morgan fingerprint density at radius 2 is 2.12 bits per heavy atom. The van der Waals surface area contributed by atoms with Gasteiger partial charge < -0.3 is 15.0 Å². The van der Waals surface area contributed by atoms with E-state index in [0.717, 1.165) is 18.8 Å². The van der Waals surface area contributed by atoms with Crippen molar-refractivity contribution in [2.24, 2.45) is 0 Å². The van der Waals surface area contributed by atoms with Crippen LogP contribution in [0.2, 0.25) is 0 Å². The number of carbonyl (C=O) groups excluding carboxylic acids is 1. The van der Waals surface area contributed by atoms with Gasteiger partial charge in [0.2, 0.25) is 0 Å². The molecule has 0 radical (unpaired) electrons. The van der Waals surface area contributed by atoms with Crippen LogP contribution in [-0.4, -0.2) is 35.6 Å². The summed E-state index contributed by atoms with van der Waals surface area (Å²) in [5.41, 5.74) is 0.905. The number of nitrogens with zero attached hydrogens (tertiary/aromatic N) is 3. The number of hydrogen-bond acceptors (Lipinski definition) is 5. The standard InChI is InChI=1S/C19H24N4O2/c1-3-14-8-6-7-11-23(14)18-13-20-16(12-21-18)19(24)22-15-9-4-5-10-17(15)25-2/h4-5,9-10,12-14H,3,6-8,11H2,1-2H3,(H,22,24). The van der Waals surface area contributed by atoms with Crippen molar-refractivity contribution >= 4 is 17.4 Å². The van der Waals surface area contributed by atoms with Crippen LogP contribution in [0.5, 0.6) is 5.75 Å². The molecule has 1 N–H and O–H groups in total. The molecule has 1 unspecified atom stereocenters. The Bertz CT molecular complexity index is 718. The molecule has 1 amide bonds. The molecule has 1 saturated heterocycles. The average molecular weight is 340 g/mol. The summed E-state index contributed by atoms with van der Waals surface area (Å²) in [5.74, 6) is 1.16. The number of amides is 1. The van der Waals surface area contributed by atoms with E-state index >= 15 is 0 Å². The van der Waals surface area contributed by atoms with Crippen molar-refractivity contribution < 1.29 is 9.53 Å². The van der Waals surface area contributed by atoms with Gasteiger partial charge in [-0.2, -0.15) is 0 Å². The van der Waals surface area contributed by atoms with E-state index in [1.807, 2.05) is 12.1 Å². The molecule has 6 heteroatoms. The fourth-order valence-corrected chi connectivity index (χ4v) is 3.25. The average Bonchev–Trinajstić information content (AvgIpc) is 2.68. The van der Waals surface area contributed by atoms with Gasteiger partial charge in [-0.1, -0.05) is 19.1 Å². The molecule has 3 rings (SSSR count). The first kappa shape index (κ1) is 17.2. The van der Waals surface area contributed by atoms with Crippen LogP contribution >= 0.6 is 0 Å². The number of nitrogens with one attached hydrogen (secondary N) is 1. The third-order valence-corrected chi connectivity index (χ3v) is 4.62. The van der Waals surface area contributed by atoms with Gasteiger partial charge in [-0.15, -0.1) is 0 Å². The summed E-state index contributed by atoms with van der Waals surface area (Å²) in [5, 5.41) is 2.82. The number of benzene rings is 1. The summed E-state index contributed by atoms with van der Waals surface area (Å²) in [4.78, 5) is 23.5. The minimum absolute atomic E-state index is 0.291. The highest BCUT2D eigenvalue weighted by molar-refractivity contribution is 6.03.